The molecule has 6 heteroatoms. The summed E-state index contributed by atoms with van der Waals surface area (Å²) >= 11 is 5.89. The number of aromatic nitrogens is 2. The van der Waals surface area contributed by atoms with Crippen molar-refractivity contribution in [2.45, 2.75) is 0 Å². The number of halogens is 1. The summed E-state index contributed by atoms with van der Waals surface area (Å²) in [6.07, 6.45) is 3.05. The summed E-state index contributed by atoms with van der Waals surface area (Å²) in [6, 6.07) is 5.02. The van der Waals surface area contributed by atoms with Gasteiger partial charge in [0.25, 0.3) is 5.91 Å². The predicted molar refractivity (Wildman–Crippen MR) is 69.2 cm³/mol. The van der Waals surface area contributed by atoms with E-state index < -0.39 is 0 Å². The minimum atomic E-state index is -0.268. The van der Waals surface area contributed by atoms with Gasteiger partial charge in [0.2, 0.25) is 0 Å². The molecule has 0 atom stereocenters. The van der Waals surface area contributed by atoms with Gasteiger partial charge in [0.15, 0.2) is 0 Å². The Bertz CT molecular complexity index is 580. The Balaban J connectivity index is 2.27. The predicted octanol–water partition coefficient (Wildman–Crippen LogP) is 2.33. The smallest absolute Gasteiger partial charge is 0.274 e. The van der Waals surface area contributed by atoms with Gasteiger partial charge in [0.1, 0.15) is 11.4 Å². The van der Waals surface area contributed by atoms with E-state index in [1.807, 2.05) is 0 Å². The number of anilines is 1. The second-order valence-electron chi connectivity index (χ2n) is 3.69. The molecule has 0 unspecified atom stereocenters. The molecule has 1 N–H and O–H groups in total. The van der Waals surface area contributed by atoms with Crippen LogP contribution in [0.1, 0.15) is 10.5 Å². The van der Waals surface area contributed by atoms with E-state index in [4.69, 9.17) is 16.3 Å². The fourth-order valence-electron chi connectivity index (χ4n) is 1.54. The molecule has 0 saturated carbocycles. The number of nitrogens with zero attached hydrogens (tertiary/aromatic N) is 2. The highest BCUT2D eigenvalue weighted by molar-refractivity contribution is 6.31. The Morgan fingerprint density at radius 3 is 2.89 bits per heavy atom. The average Bonchev–Trinajstić information content (AvgIpc) is 2.76. The van der Waals surface area contributed by atoms with E-state index >= 15 is 0 Å². The maximum Gasteiger partial charge on any atom is 0.274 e. The lowest BCUT2D eigenvalue weighted by molar-refractivity contribution is 0.101. The minimum Gasteiger partial charge on any atom is -0.495 e. The van der Waals surface area contributed by atoms with Gasteiger partial charge < -0.3 is 14.6 Å². The van der Waals surface area contributed by atoms with Crippen LogP contribution in [0.5, 0.6) is 5.75 Å². The Morgan fingerprint density at radius 1 is 1.50 bits per heavy atom. The monoisotopic (exact) mass is 265 g/mol. The number of rotatable bonds is 3. The van der Waals surface area contributed by atoms with Crippen LogP contribution < -0.4 is 10.1 Å². The first-order valence-corrected chi connectivity index (χ1v) is 5.61. The Hall–Kier alpha value is -2.01. The standard InChI is InChI=1S/C12H12ClN3O2/c1-16-7-14-6-10(16)12(17)15-9-5-8(13)3-4-11(9)18-2/h3-7H,1-2H3,(H,15,17). The summed E-state index contributed by atoms with van der Waals surface area (Å²) in [5, 5.41) is 3.26. The minimum absolute atomic E-state index is 0.268. The molecule has 94 valence electrons. The second-order valence-corrected chi connectivity index (χ2v) is 4.12. The SMILES string of the molecule is COc1ccc(Cl)cc1NC(=O)c1cncn1C. The van der Waals surface area contributed by atoms with Crippen LogP contribution in [0.3, 0.4) is 0 Å². The molecule has 1 aromatic heterocycles. The maximum absolute atomic E-state index is 12.0. The van der Waals surface area contributed by atoms with Crippen molar-refractivity contribution in [1.82, 2.24) is 9.55 Å². The summed E-state index contributed by atoms with van der Waals surface area (Å²) in [7, 11) is 3.28. The highest BCUT2D eigenvalue weighted by Crippen LogP contribution is 2.27. The molecule has 0 saturated heterocycles. The summed E-state index contributed by atoms with van der Waals surface area (Å²) < 4.78 is 6.78. The van der Waals surface area contributed by atoms with Crippen molar-refractivity contribution in [3.8, 4) is 5.75 Å². The summed E-state index contributed by atoms with van der Waals surface area (Å²) in [5.74, 6) is 0.283. The van der Waals surface area contributed by atoms with E-state index in [2.05, 4.69) is 10.3 Å². The largest absolute Gasteiger partial charge is 0.495 e. The summed E-state index contributed by atoms with van der Waals surface area (Å²) in [5.41, 5.74) is 0.980. The Morgan fingerprint density at radius 2 is 2.28 bits per heavy atom. The molecule has 2 aromatic rings. The third kappa shape index (κ3) is 2.46. The average molecular weight is 266 g/mol. The van der Waals surface area contributed by atoms with Gasteiger partial charge >= 0.3 is 0 Å². The molecule has 0 aliphatic rings. The van der Waals surface area contributed by atoms with Crippen molar-refractivity contribution in [3.63, 3.8) is 0 Å². The van der Waals surface area contributed by atoms with E-state index in [9.17, 15) is 4.79 Å². The lowest BCUT2D eigenvalue weighted by atomic mass is 10.3. The van der Waals surface area contributed by atoms with Crippen molar-refractivity contribution in [1.29, 1.82) is 0 Å². The van der Waals surface area contributed by atoms with E-state index in [-0.39, 0.29) is 5.91 Å². The number of nitrogens with one attached hydrogen (secondary N) is 1. The quantitative estimate of drug-likeness (QED) is 0.927. The number of carbonyl (C=O) groups excluding carboxylic acids is 1. The van der Waals surface area contributed by atoms with Crippen molar-refractivity contribution in [2.75, 3.05) is 12.4 Å². The van der Waals surface area contributed by atoms with E-state index in [0.29, 0.717) is 22.2 Å². The number of imidazole rings is 1. The molecule has 1 aromatic carbocycles. The Kier molecular flexibility index (Phi) is 3.53. The molecule has 0 aliphatic heterocycles. The molecule has 5 nitrogen and oxygen atoms in total. The molecule has 0 fully saturated rings. The molecule has 0 radical (unpaired) electrons. The van der Waals surface area contributed by atoms with E-state index in [1.54, 1.807) is 36.1 Å². The molecule has 2 rings (SSSR count). The van der Waals surface area contributed by atoms with Crippen LogP contribution in [0.2, 0.25) is 5.02 Å². The fourth-order valence-corrected chi connectivity index (χ4v) is 1.71. The van der Waals surface area contributed by atoms with Gasteiger partial charge in [-0.3, -0.25) is 4.79 Å². The number of aryl methyl sites for hydroxylation is 1. The molecule has 0 spiro atoms. The second kappa shape index (κ2) is 5.10. The lowest BCUT2D eigenvalue weighted by Gasteiger charge is -2.10. The van der Waals surface area contributed by atoms with Gasteiger partial charge in [-0.05, 0) is 18.2 Å². The van der Waals surface area contributed by atoms with Gasteiger partial charge in [-0.2, -0.15) is 0 Å². The highest BCUT2D eigenvalue weighted by atomic mass is 35.5. The number of methoxy groups -OCH3 is 1. The van der Waals surface area contributed by atoms with E-state index in [0.717, 1.165) is 0 Å². The zero-order chi connectivity index (χ0) is 13.1. The van der Waals surface area contributed by atoms with Crippen molar-refractivity contribution < 1.29 is 9.53 Å². The fraction of sp³-hybridized carbons (Fsp3) is 0.167. The van der Waals surface area contributed by atoms with Crippen LogP contribution in [0.25, 0.3) is 0 Å². The topological polar surface area (TPSA) is 56.1 Å². The number of hydrogen-bond acceptors (Lipinski definition) is 3. The van der Waals surface area contributed by atoms with Crippen molar-refractivity contribution in [3.05, 3.63) is 41.4 Å². The summed E-state index contributed by atoms with van der Waals surface area (Å²) in [4.78, 5) is 15.9. The highest BCUT2D eigenvalue weighted by Gasteiger charge is 2.12. The van der Waals surface area contributed by atoms with Crippen LogP contribution in [-0.2, 0) is 7.05 Å². The number of amides is 1. The molecule has 0 aliphatic carbocycles. The third-order valence-corrected chi connectivity index (χ3v) is 2.69. The first-order chi connectivity index (χ1) is 8.61. The molecule has 18 heavy (non-hydrogen) atoms. The lowest BCUT2D eigenvalue weighted by Crippen LogP contribution is -2.15. The molecular formula is C12H12ClN3O2. The summed E-state index contributed by atoms with van der Waals surface area (Å²) in [6.45, 7) is 0. The first-order valence-electron chi connectivity index (χ1n) is 5.23. The van der Waals surface area contributed by atoms with Crippen molar-refractivity contribution >= 4 is 23.2 Å². The first kappa shape index (κ1) is 12.4. The number of ether oxygens (including phenoxy) is 1. The number of benzene rings is 1. The maximum atomic E-state index is 12.0. The third-order valence-electron chi connectivity index (χ3n) is 2.46. The van der Waals surface area contributed by atoms with E-state index in [1.165, 1.54) is 13.3 Å². The van der Waals surface area contributed by atoms with Gasteiger partial charge in [-0.1, -0.05) is 11.6 Å². The number of carbonyl (C=O) groups is 1. The zero-order valence-corrected chi connectivity index (χ0v) is 10.7. The van der Waals surface area contributed by atoms with Crippen LogP contribution in [0.15, 0.2) is 30.7 Å². The van der Waals surface area contributed by atoms with Crippen LogP contribution in [0.4, 0.5) is 5.69 Å². The molecular weight excluding hydrogens is 254 g/mol. The van der Waals surface area contributed by atoms with Gasteiger partial charge in [-0.15, -0.1) is 0 Å². The number of hydrogen-bond donors (Lipinski definition) is 1. The van der Waals surface area contributed by atoms with Gasteiger partial charge in [0, 0.05) is 12.1 Å². The molecule has 1 heterocycles. The molecule has 0 bridgehead atoms. The van der Waals surface area contributed by atoms with Gasteiger partial charge in [-0.25, -0.2) is 4.98 Å². The van der Waals surface area contributed by atoms with Gasteiger partial charge in [0.05, 0.1) is 25.3 Å². The zero-order valence-electron chi connectivity index (χ0n) is 9.98. The normalized spacial score (nSPS) is 10.2. The van der Waals surface area contributed by atoms with Crippen LogP contribution in [0, 0.1) is 0 Å². The van der Waals surface area contributed by atoms with Crippen molar-refractivity contribution in [2.24, 2.45) is 7.05 Å². The van der Waals surface area contributed by atoms with Crippen LogP contribution >= 0.6 is 11.6 Å². The van der Waals surface area contributed by atoms with Crippen LogP contribution in [-0.4, -0.2) is 22.6 Å². The molecule has 1 amide bonds. The Labute approximate surface area is 109 Å².